The van der Waals surface area contributed by atoms with E-state index in [-0.39, 0.29) is 23.5 Å². The van der Waals surface area contributed by atoms with Crippen LogP contribution in [0.1, 0.15) is 60.2 Å². The number of carbonyl (C=O) groups excluding carboxylic acids is 1. The van der Waals surface area contributed by atoms with Crippen LogP contribution >= 0.6 is 11.3 Å². The number of aliphatic carboxylic acids is 1. The number of rotatable bonds is 3. The predicted molar refractivity (Wildman–Crippen MR) is 90.4 cm³/mol. The van der Waals surface area contributed by atoms with Gasteiger partial charge in [0, 0.05) is 4.88 Å². The molecule has 1 saturated heterocycles. The molecule has 0 aromatic carbocycles. The van der Waals surface area contributed by atoms with E-state index in [1.54, 1.807) is 6.07 Å². The zero-order valence-electron chi connectivity index (χ0n) is 13.8. The quantitative estimate of drug-likeness (QED) is 0.911. The second-order valence-corrected chi connectivity index (χ2v) is 8.52. The van der Waals surface area contributed by atoms with Crippen molar-refractivity contribution in [1.29, 1.82) is 0 Å². The van der Waals surface area contributed by atoms with Gasteiger partial charge in [0.25, 0.3) is 5.91 Å². The van der Waals surface area contributed by atoms with Crippen molar-refractivity contribution in [2.24, 2.45) is 0 Å². The van der Waals surface area contributed by atoms with E-state index in [4.69, 9.17) is 9.84 Å². The Hall–Kier alpha value is -1.40. The summed E-state index contributed by atoms with van der Waals surface area (Å²) in [5.41, 5.74) is 0.241. The summed E-state index contributed by atoms with van der Waals surface area (Å²) < 4.78 is 6.57. The van der Waals surface area contributed by atoms with Gasteiger partial charge < -0.3 is 14.7 Å². The molecule has 130 valence electrons. The van der Waals surface area contributed by atoms with Crippen LogP contribution in [0, 0.1) is 0 Å². The molecule has 6 heteroatoms. The van der Waals surface area contributed by atoms with Gasteiger partial charge in [-0.25, -0.2) is 0 Å². The normalized spacial score (nSPS) is 24.2. The maximum Gasteiger partial charge on any atom is 0.308 e. The third kappa shape index (κ3) is 2.75. The Labute approximate surface area is 145 Å². The van der Waals surface area contributed by atoms with Crippen LogP contribution < -0.4 is 0 Å². The first-order valence-electron chi connectivity index (χ1n) is 8.79. The Morgan fingerprint density at radius 2 is 1.75 bits per heavy atom. The molecule has 2 heterocycles. The van der Waals surface area contributed by atoms with Crippen molar-refractivity contribution in [3.8, 4) is 0 Å². The number of hydrogen-bond donors (Lipinski definition) is 1. The van der Waals surface area contributed by atoms with Gasteiger partial charge in [-0.1, -0.05) is 12.8 Å². The third-order valence-corrected chi connectivity index (χ3v) is 6.67. The lowest BCUT2D eigenvalue weighted by molar-refractivity contribution is -0.230. The summed E-state index contributed by atoms with van der Waals surface area (Å²) in [6.07, 6.45) is 7.55. The third-order valence-electron chi connectivity index (χ3n) is 5.75. The van der Waals surface area contributed by atoms with Crippen LogP contribution in [0.25, 0.3) is 0 Å². The fourth-order valence-electron chi connectivity index (χ4n) is 4.51. The summed E-state index contributed by atoms with van der Waals surface area (Å²) in [5.74, 6) is -0.912. The van der Waals surface area contributed by atoms with E-state index < -0.39 is 5.97 Å². The van der Waals surface area contributed by atoms with Crippen LogP contribution in [0.2, 0.25) is 0 Å². The van der Waals surface area contributed by atoms with Crippen molar-refractivity contribution >= 4 is 23.2 Å². The fraction of sp³-hybridized carbons (Fsp3) is 0.667. The van der Waals surface area contributed by atoms with E-state index >= 15 is 0 Å². The number of hydrogen-bond acceptors (Lipinski definition) is 4. The fourth-order valence-corrected chi connectivity index (χ4v) is 5.36. The minimum atomic E-state index is -0.892. The number of carboxylic acids is 1. The molecule has 4 rings (SSSR count). The Morgan fingerprint density at radius 3 is 2.29 bits per heavy atom. The van der Waals surface area contributed by atoms with Gasteiger partial charge >= 0.3 is 5.97 Å². The van der Waals surface area contributed by atoms with Crippen LogP contribution in [-0.2, 0) is 16.0 Å². The van der Waals surface area contributed by atoms with Gasteiger partial charge in [-0.3, -0.25) is 9.59 Å². The topological polar surface area (TPSA) is 66.8 Å². The van der Waals surface area contributed by atoms with Crippen molar-refractivity contribution in [2.45, 2.75) is 62.6 Å². The van der Waals surface area contributed by atoms with Crippen molar-refractivity contribution in [3.05, 3.63) is 21.9 Å². The molecule has 2 spiro atoms. The molecule has 0 bridgehead atoms. The zero-order valence-corrected chi connectivity index (χ0v) is 14.6. The molecular formula is C18H23NO4S. The molecule has 1 N–H and O–H groups in total. The van der Waals surface area contributed by atoms with Crippen molar-refractivity contribution in [1.82, 2.24) is 4.90 Å². The first-order valence-corrected chi connectivity index (χ1v) is 9.67. The van der Waals surface area contributed by atoms with E-state index in [9.17, 15) is 9.59 Å². The van der Waals surface area contributed by atoms with Crippen LogP contribution in [0.5, 0.6) is 0 Å². The average Bonchev–Trinajstić information content (AvgIpc) is 3.14. The maximum absolute atomic E-state index is 13.1. The van der Waals surface area contributed by atoms with Crippen molar-refractivity contribution < 1.29 is 19.4 Å². The van der Waals surface area contributed by atoms with E-state index in [1.807, 2.05) is 10.3 Å². The first kappa shape index (κ1) is 16.1. The predicted octanol–water partition coefficient (Wildman–Crippen LogP) is 3.08. The summed E-state index contributed by atoms with van der Waals surface area (Å²) >= 11 is 1.35. The summed E-state index contributed by atoms with van der Waals surface area (Å²) in [4.78, 5) is 26.8. The lowest BCUT2D eigenvalue weighted by Crippen LogP contribution is -2.64. The highest BCUT2D eigenvalue weighted by Gasteiger charge is 2.53. The van der Waals surface area contributed by atoms with Gasteiger partial charge in [-0.15, -0.1) is 11.3 Å². The highest BCUT2D eigenvalue weighted by molar-refractivity contribution is 7.10. The van der Waals surface area contributed by atoms with E-state index in [1.165, 1.54) is 30.6 Å². The zero-order chi connectivity index (χ0) is 16.8. The molecule has 0 radical (unpaired) electrons. The van der Waals surface area contributed by atoms with E-state index in [0.717, 1.165) is 25.7 Å². The molecule has 1 aromatic heterocycles. The lowest BCUT2D eigenvalue weighted by atomic mass is 9.76. The molecule has 2 aliphatic carbocycles. The SMILES string of the molecule is O=C(O)Cc1sccc1C(=O)N1CC2(CCCC2)OC2(CCC2)C1. The number of thiophene rings is 1. The molecule has 5 nitrogen and oxygen atoms in total. The molecule has 3 fully saturated rings. The Kier molecular flexibility index (Phi) is 3.92. The first-order chi connectivity index (χ1) is 11.5. The molecule has 1 amide bonds. The molecule has 0 unspecified atom stereocenters. The monoisotopic (exact) mass is 349 g/mol. The number of ether oxygens (including phenoxy) is 1. The molecule has 0 atom stereocenters. The standard InChI is InChI=1S/C18H23NO4S/c20-15(21)10-14-13(4-9-24-14)16(22)19-11-17(5-1-2-6-17)23-18(12-19)7-3-8-18/h4,9H,1-3,5-8,10-12H2,(H,20,21). The van der Waals surface area contributed by atoms with Crippen LogP contribution in [0.4, 0.5) is 0 Å². The summed E-state index contributed by atoms with van der Waals surface area (Å²) in [7, 11) is 0. The Morgan fingerprint density at radius 1 is 1.12 bits per heavy atom. The summed E-state index contributed by atoms with van der Waals surface area (Å²) in [6.45, 7) is 1.30. The minimum Gasteiger partial charge on any atom is -0.481 e. The number of morpholine rings is 1. The van der Waals surface area contributed by atoms with Gasteiger partial charge in [-0.05, 0) is 43.6 Å². The molecule has 1 aliphatic heterocycles. The molecule has 3 aliphatic rings. The second kappa shape index (κ2) is 5.85. The van der Waals surface area contributed by atoms with Crippen LogP contribution in [-0.4, -0.2) is 46.2 Å². The molecular weight excluding hydrogens is 326 g/mol. The highest BCUT2D eigenvalue weighted by Crippen LogP contribution is 2.48. The second-order valence-electron chi connectivity index (χ2n) is 7.52. The largest absolute Gasteiger partial charge is 0.481 e. The van der Waals surface area contributed by atoms with E-state index in [0.29, 0.717) is 23.5 Å². The number of carbonyl (C=O) groups is 2. The summed E-state index contributed by atoms with van der Waals surface area (Å²) in [5, 5.41) is 10.9. The maximum atomic E-state index is 13.1. The van der Waals surface area contributed by atoms with Gasteiger partial charge in [0.1, 0.15) is 0 Å². The van der Waals surface area contributed by atoms with Gasteiger partial charge in [-0.2, -0.15) is 0 Å². The smallest absolute Gasteiger partial charge is 0.308 e. The average molecular weight is 349 g/mol. The molecule has 1 aromatic rings. The number of carboxylic acid groups (broad SMARTS) is 1. The molecule has 2 saturated carbocycles. The van der Waals surface area contributed by atoms with E-state index in [2.05, 4.69) is 0 Å². The Bertz CT molecular complexity index is 658. The van der Waals surface area contributed by atoms with Crippen molar-refractivity contribution in [2.75, 3.05) is 13.1 Å². The highest BCUT2D eigenvalue weighted by atomic mass is 32.1. The van der Waals surface area contributed by atoms with Crippen LogP contribution in [0.3, 0.4) is 0 Å². The molecule has 24 heavy (non-hydrogen) atoms. The Balaban J connectivity index is 1.59. The van der Waals surface area contributed by atoms with Crippen molar-refractivity contribution in [3.63, 3.8) is 0 Å². The lowest BCUT2D eigenvalue weighted by Gasteiger charge is -2.55. The number of nitrogens with zero attached hydrogens (tertiary/aromatic N) is 1. The summed E-state index contributed by atoms with van der Waals surface area (Å²) in [6, 6.07) is 1.77. The number of amides is 1. The van der Waals surface area contributed by atoms with Gasteiger partial charge in [0.05, 0.1) is 36.3 Å². The minimum absolute atomic E-state index is 0.0200. The van der Waals surface area contributed by atoms with Gasteiger partial charge in [0.2, 0.25) is 0 Å². The van der Waals surface area contributed by atoms with Gasteiger partial charge in [0.15, 0.2) is 0 Å². The van der Waals surface area contributed by atoms with Crippen LogP contribution in [0.15, 0.2) is 11.4 Å².